The molecule has 1 aromatic carbocycles. The molecule has 0 spiro atoms. The van der Waals surface area contributed by atoms with E-state index in [2.05, 4.69) is 5.32 Å². The van der Waals surface area contributed by atoms with Gasteiger partial charge in [-0.2, -0.15) is 0 Å². The number of alkyl carbamates (subject to hydrolysis) is 1. The van der Waals surface area contributed by atoms with Gasteiger partial charge in [0.15, 0.2) is 0 Å². The number of hydrogen-bond donors (Lipinski definition) is 1. The minimum atomic E-state index is -0.460. The fourth-order valence-corrected chi connectivity index (χ4v) is 3.78. The van der Waals surface area contributed by atoms with Crippen LogP contribution in [0, 0.1) is 0 Å². The molecule has 0 aliphatic carbocycles. The molecule has 1 atom stereocenters. The zero-order chi connectivity index (χ0) is 19.4. The van der Waals surface area contributed by atoms with Gasteiger partial charge in [0.05, 0.1) is 17.3 Å². The minimum absolute atomic E-state index is 0.0261. The predicted octanol–water partition coefficient (Wildman–Crippen LogP) is 2.82. The van der Waals surface area contributed by atoms with Crippen LogP contribution in [0.3, 0.4) is 0 Å². The highest BCUT2D eigenvalue weighted by molar-refractivity contribution is 6.34. The third-order valence-electron chi connectivity index (χ3n) is 4.86. The summed E-state index contributed by atoms with van der Waals surface area (Å²) in [4.78, 5) is 40.0. The van der Waals surface area contributed by atoms with E-state index in [1.807, 2.05) is 0 Å². The van der Waals surface area contributed by atoms with Gasteiger partial charge in [0.25, 0.3) is 5.91 Å². The standard InChI is InChI=1S/C19H24ClN3O4/c1-2-27-19(26)21-14-5-3-9-22(12-14)18(25)13-7-8-15(20)16(11-13)23-10-4-6-17(23)24/h7-8,11,14H,2-6,9-10,12H2,1H3,(H,21,26)/t14-/m1/s1. The van der Waals surface area contributed by atoms with Crippen LogP contribution in [0.4, 0.5) is 10.5 Å². The quantitative estimate of drug-likeness (QED) is 0.853. The largest absolute Gasteiger partial charge is 0.450 e. The van der Waals surface area contributed by atoms with E-state index in [0.29, 0.717) is 48.9 Å². The Morgan fingerprint density at radius 1 is 1.30 bits per heavy atom. The Labute approximate surface area is 163 Å². The van der Waals surface area contributed by atoms with Crippen molar-refractivity contribution in [1.29, 1.82) is 0 Å². The van der Waals surface area contributed by atoms with Gasteiger partial charge in [-0.25, -0.2) is 4.79 Å². The monoisotopic (exact) mass is 393 g/mol. The molecule has 0 bridgehead atoms. The first-order valence-electron chi connectivity index (χ1n) is 9.32. The zero-order valence-electron chi connectivity index (χ0n) is 15.4. The Morgan fingerprint density at radius 3 is 2.81 bits per heavy atom. The normalized spacial score (nSPS) is 19.9. The molecule has 2 aliphatic rings. The van der Waals surface area contributed by atoms with Crippen LogP contribution in [0.5, 0.6) is 0 Å². The molecule has 8 heteroatoms. The molecule has 3 amide bonds. The van der Waals surface area contributed by atoms with Gasteiger partial charge in [-0.15, -0.1) is 0 Å². The molecule has 0 unspecified atom stereocenters. The zero-order valence-corrected chi connectivity index (χ0v) is 16.1. The maximum atomic E-state index is 13.0. The van der Waals surface area contributed by atoms with Gasteiger partial charge in [-0.1, -0.05) is 11.6 Å². The lowest BCUT2D eigenvalue weighted by molar-refractivity contribution is -0.117. The summed E-state index contributed by atoms with van der Waals surface area (Å²) in [5, 5.41) is 3.26. The van der Waals surface area contributed by atoms with Crippen LogP contribution in [0.25, 0.3) is 0 Å². The van der Waals surface area contributed by atoms with Crippen LogP contribution in [0.2, 0.25) is 5.02 Å². The number of nitrogens with one attached hydrogen (secondary N) is 1. The Bertz CT molecular complexity index is 740. The van der Waals surface area contributed by atoms with Gasteiger partial charge in [0.2, 0.25) is 5.91 Å². The first kappa shape index (κ1) is 19.5. The van der Waals surface area contributed by atoms with E-state index < -0.39 is 6.09 Å². The number of nitrogens with zero attached hydrogens (tertiary/aromatic N) is 2. The fourth-order valence-electron chi connectivity index (χ4n) is 3.56. The molecular formula is C19H24ClN3O4. The van der Waals surface area contributed by atoms with Crippen molar-refractivity contribution in [3.63, 3.8) is 0 Å². The second-order valence-electron chi connectivity index (χ2n) is 6.77. The number of anilines is 1. The third-order valence-corrected chi connectivity index (χ3v) is 5.18. The first-order chi connectivity index (χ1) is 13.0. The van der Waals surface area contributed by atoms with Crippen LogP contribution >= 0.6 is 11.6 Å². The summed E-state index contributed by atoms with van der Waals surface area (Å²) >= 11 is 6.26. The molecule has 0 radical (unpaired) electrons. The van der Waals surface area contributed by atoms with Gasteiger partial charge >= 0.3 is 6.09 Å². The van der Waals surface area contributed by atoms with E-state index in [0.717, 1.165) is 19.3 Å². The molecular weight excluding hydrogens is 370 g/mol. The summed E-state index contributed by atoms with van der Waals surface area (Å²) in [6.07, 6.45) is 2.44. The molecule has 146 valence electrons. The van der Waals surface area contributed by atoms with E-state index >= 15 is 0 Å². The molecule has 1 aromatic rings. The van der Waals surface area contributed by atoms with E-state index in [-0.39, 0.29) is 17.9 Å². The van der Waals surface area contributed by atoms with Gasteiger partial charge < -0.3 is 19.9 Å². The highest BCUT2D eigenvalue weighted by Gasteiger charge is 2.28. The number of carbonyl (C=O) groups is 3. The maximum absolute atomic E-state index is 13.0. The highest BCUT2D eigenvalue weighted by atomic mass is 35.5. The lowest BCUT2D eigenvalue weighted by Gasteiger charge is -2.33. The van der Waals surface area contributed by atoms with Crippen molar-refractivity contribution in [1.82, 2.24) is 10.2 Å². The van der Waals surface area contributed by atoms with Gasteiger partial charge in [-0.05, 0) is 44.4 Å². The molecule has 3 rings (SSSR count). The summed E-state index contributed by atoms with van der Waals surface area (Å²) in [6.45, 7) is 3.73. The van der Waals surface area contributed by atoms with Crippen molar-refractivity contribution >= 4 is 35.2 Å². The van der Waals surface area contributed by atoms with Crippen LogP contribution in [-0.4, -0.2) is 55.1 Å². The number of rotatable bonds is 4. The maximum Gasteiger partial charge on any atom is 0.407 e. The Hall–Kier alpha value is -2.28. The number of carbonyl (C=O) groups excluding carboxylic acids is 3. The summed E-state index contributed by atoms with van der Waals surface area (Å²) in [6, 6.07) is 4.90. The highest BCUT2D eigenvalue weighted by Crippen LogP contribution is 2.31. The van der Waals surface area contributed by atoms with Crippen LogP contribution in [-0.2, 0) is 9.53 Å². The van der Waals surface area contributed by atoms with E-state index in [4.69, 9.17) is 16.3 Å². The van der Waals surface area contributed by atoms with E-state index in [1.54, 1.807) is 34.9 Å². The van der Waals surface area contributed by atoms with Crippen molar-refractivity contribution in [2.24, 2.45) is 0 Å². The molecule has 2 fully saturated rings. The second kappa shape index (κ2) is 8.61. The molecule has 0 aromatic heterocycles. The molecule has 0 saturated carbocycles. The molecule has 27 heavy (non-hydrogen) atoms. The summed E-state index contributed by atoms with van der Waals surface area (Å²) < 4.78 is 4.92. The van der Waals surface area contributed by atoms with Crippen LogP contribution < -0.4 is 10.2 Å². The molecule has 2 aliphatic heterocycles. The first-order valence-corrected chi connectivity index (χ1v) is 9.70. The van der Waals surface area contributed by atoms with Crippen molar-refractivity contribution in [3.8, 4) is 0 Å². The SMILES string of the molecule is CCOC(=O)N[C@@H]1CCCN(C(=O)c2ccc(Cl)c(N3CCCC3=O)c2)C1. The van der Waals surface area contributed by atoms with Crippen LogP contribution in [0.1, 0.15) is 43.0 Å². The number of ether oxygens (including phenoxy) is 1. The lowest BCUT2D eigenvalue weighted by atomic mass is 10.0. The second-order valence-corrected chi connectivity index (χ2v) is 7.18. The number of piperidine rings is 1. The van der Waals surface area contributed by atoms with Crippen molar-refractivity contribution < 1.29 is 19.1 Å². The predicted molar refractivity (Wildman–Crippen MR) is 102 cm³/mol. The summed E-state index contributed by atoms with van der Waals surface area (Å²) in [5.74, 6) is -0.104. The van der Waals surface area contributed by atoms with Gasteiger partial charge in [0.1, 0.15) is 0 Å². The Kier molecular flexibility index (Phi) is 6.21. The minimum Gasteiger partial charge on any atom is -0.450 e. The average molecular weight is 394 g/mol. The number of hydrogen-bond acceptors (Lipinski definition) is 4. The lowest BCUT2D eigenvalue weighted by Crippen LogP contribution is -2.49. The van der Waals surface area contributed by atoms with E-state index in [1.165, 1.54) is 0 Å². The average Bonchev–Trinajstić information content (AvgIpc) is 3.08. The Morgan fingerprint density at radius 2 is 2.11 bits per heavy atom. The van der Waals surface area contributed by atoms with E-state index in [9.17, 15) is 14.4 Å². The third kappa shape index (κ3) is 4.53. The van der Waals surface area contributed by atoms with Crippen molar-refractivity contribution in [2.75, 3.05) is 31.1 Å². The van der Waals surface area contributed by atoms with Crippen molar-refractivity contribution in [3.05, 3.63) is 28.8 Å². The molecule has 2 heterocycles. The number of benzene rings is 1. The Balaban J connectivity index is 1.71. The summed E-state index contributed by atoms with van der Waals surface area (Å²) in [7, 11) is 0. The number of likely N-dealkylation sites (tertiary alicyclic amines) is 1. The topological polar surface area (TPSA) is 79.0 Å². The van der Waals surface area contributed by atoms with Gasteiger partial charge in [-0.3, -0.25) is 9.59 Å². The van der Waals surface area contributed by atoms with Gasteiger partial charge in [0, 0.05) is 37.7 Å². The molecule has 7 nitrogen and oxygen atoms in total. The summed E-state index contributed by atoms with van der Waals surface area (Å²) in [5.41, 5.74) is 1.08. The van der Waals surface area contributed by atoms with Crippen LogP contribution in [0.15, 0.2) is 18.2 Å². The number of amides is 3. The van der Waals surface area contributed by atoms with Crippen molar-refractivity contribution in [2.45, 2.75) is 38.6 Å². The smallest absolute Gasteiger partial charge is 0.407 e. The fraction of sp³-hybridized carbons (Fsp3) is 0.526. The molecule has 1 N–H and O–H groups in total. The number of halogens is 1. The molecule has 2 saturated heterocycles.